The number of carbonyl (C=O) groups is 2. The molecule has 1 rings (SSSR count). The molecule has 0 bridgehead atoms. The highest BCUT2D eigenvalue weighted by atomic mass is 35.5. The Labute approximate surface area is 118 Å². The Balaban J connectivity index is 2.20. The summed E-state index contributed by atoms with van der Waals surface area (Å²) in [6.07, 6.45) is 0.737. The van der Waals surface area contributed by atoms with E-state index in [9.17, 15) is 9.59 Å². The second-order valence-electron chi connectivity index (χ2n) is 4.60. The monoisotopic (exact) mass is 282 g/mol. The van der Waals surface area contributed by atoms with E-state index < -0.39 is 0 Å². The minimum atomic E-state index is -0.178. The van der Waals surface area contributed by atoms with E-state index in [2.05, 4.69) is 10.6 Å². The molecule has 19 heavy (non-hydrogen) atoms. The molecular weight excluding hydrogens is 264 g/mol. The minimum Gasteiger partial charge on any atom is -0.354 e. The van der Waals surface area contributed by atoms with Gasteiger partial charge in [0.15, 0.2) is 0 Å². The normalized spacial score (nSPS) is 10.3. The molecule has 0 aliphatic carbocycles. The molecule has 0 saturated carbocycles. The number of halogens is 1. The first-order valence-corrected chi connectivity index (χ1v) is 6.65. The van der Waals surface area contributed by atoms with E-state index >= 15 is 0 Å². The third-order valence-corrected chi connectivity index (χ3v) is 2.85. The average molecular weight is 283 g/mol. The number of nitrogens with one attached hydrogen (secondary N) is 2. The molecule has 2 amide bonds. The Bertz CT molecular complexity index is 430. The lowest BCUT2D eigenvalue weighted by Crippen LogP contribution is -2.39. The number of carbonyl (C=O) groups excluding carboxylic acids is 2. The van der Waals surface area contributed by atoms with E-state index in [0.717, 1.165) is 12.0 Å². The lowest BCUT2D eigenvalue weighted by molar-refractivity contribution is -0.127. The van der Waals surface area contributed by atoms with Gasteiger partial charge in [-0.2, -0.15) is 0 Å². The van der Waals surface area contributed by atoms with Crippen LogP contribution in [0.2, 0.25) is 5.02 Å². The topological polar surface area (TPSA) is 58.2 Å². The summed E-state index contributed by atoms with van der Waals surface area (Å²) in [6.45, 7) is 4.14. The zero-order chi connectivity index (χ0) is 14.3. The van der Waals surface area contributed by atoms with Gasteiger partial charge in [0.2, 0.25) is 11.8 Å². The number of benzene rings is 1. The average Bonchev–Trinajstić information content (AvgIpc) is 2.38. The molecule has 1 aromatic carbocycles. The van der Waals surface area contributed by atoms with Gasteiger partial charge in [0.1, 0.15) is 0 Å². The summed E-state index contributed by atoms with van der Waals surface area (Å²) in [7, 11) is 0. The second-order valence-corrected chi connectivity index (χ2v) is 5.04. The second kappa shape index (κ2) is 7.79. The SMILES string of the molecule is CC(C)C(=O)NCC(=O)NCCc1ccc(Cl)cc1. The first-order valence-electron chi connectivity index (χ1n) is 6.28. The molecule has 1 aromatic rings. The largest absolute Gasteiger partial charge is 0.354 e. The zero-order valence-electron chi connectivity index (χ0n) is 11.2. The van der Waals surface area contributed by atoms with Crippen LogP contribution >= 0.6 is 11.6 Å². The van der Waals surface area contributed by atoms with E-state index in [-0.39, 0.29) is 24.3 Å². The maximum absolute atomic E-state index is 11.5. The molecule has 2 N–H and O–H groups in total. The molecule has 0 spiro atoms. The molecule has 0 aliphatic rings. The van der Waals surface area contributed by atoms with Gasteiger partial charge in [0.25, 0.3) is 0 Å². The molecule has 0 fully saturated rings. The first kappa shape index (κ1) is 15.5. The van der Waals surface area contributed by atoms with Crippen molar-refractivity contribution >= 4 is 23.4 Å². The van der Waals surface area contributed by atoms with Crippen molar-refractivity contribution < 1.29 is 9.59 Å². The van der Waals surface area contributed by atoms with Crippen molar-refractivity contribution in [3.8, 4) is 0 Å². The van der Waals surface area contributed by atoms with Gasteiger partial charge in [0.05, 0.1) is 6.54 Å². The van der Waals surface area contributed by atoms with Crippen LogP contribution in [0, 0.1) is 5.92 Å². The predicted molar refractivity (Wildman–Crippen MR) is 76.0 cm³/mol. The highest BCUT2D eigenvalue weighted by Crippen LogP contribution is 2.09. The van der Waals surface area contributed by atoms with Crippen LogP contribution in [0.5, 0.6) is 0 Å². The van der Waals surface area contributed by atoms with Gasteiger partial charge in [-0.05, 0) is 24.1 Å². The summed E-state index contributed by atoms with van der Waals surface area (Å²) in [5, 5.41) is 6.02. The summed E-state index contributed by atoms with van der Waals surface area (Å²) in [5.74, 6) is -0.405. The zero-order valence-corrected chi connectivity index (χ0v) is 12.0. The Morgan fingerprint density at radius 3 is 2.37 bits per heavy atom. The number of hydrogen-bond acceptors (Lipinski definition) is 2. The van der Waals surface area contributed by atoms with Gasteiger partial charge in [-0.1, -0.05) is 37.6 Å². The Morgan fingerprint density at radius 1 is 1.16 bits per heavy atom. The van der Waals surface area contributed by atoms with Crippen molar-refractivity contribution in [2.75, 3.05) is 13.1 Å². The van der Waals surface area contributed by atoms with Crippen LogP contribution in [-0.2, 0) is 16.0 Å². The van der Waals surface area contributed by atoms with Crippen LogP contribution < -0.4 is 10.6 Å². The highest BCUT2D eigenvalue weighted by Gasteiger charge is 2.08. The van der Waals surface area contributed by atoms with E-state index in [0.29, 0.717) is 11.6 Å². The first-order chi connectivity index (χ1) is 8.99. The molecule has 0 radical (unpaired) electrons. The smallest absolute Gasteiger partial charge is 0.239 e. The van der Waals surface area contributed by atoms with Crippen LogP contribution in [0.1, 0.15) is 19.4 Å². The van der Waals surface area contributed by atoms with Gasteiger partial charge < -0.3 is 10.6 Å². The number of hydrogen-bond donors (Lipinski definition) is 2. The van der Waals surface area contributed by atoms with Gasteiger partial charge in [0, 0.05) is 17.5 Å². The van der Waals surface area contributed by atoms with Gasteiger partial charge in [-0.15, -0.1) is 0 Å². The molecule has 5 heteroatoms. The summed E-state index contributed by atoms with van der Waals surface area (Å²) in [4.78, 5) is 22.7. The van der Waals surface area contributed by atoms with Crippen molar-refractivity contribution in [2.45, 2.75) is 20.3 Å². The summed E-state index contributed by atoms with van der Waals surface area (Å²) >= 11 is 5.78. The summed E-state index contributed by atoms with van der Waals surface area (Å²) in [6, 6.07) is 7.49. The molecule has 0 unspecified atom stereocenters. The quantitative estimate of drug-likeness (QED) is 0.835. The fraction of sp³-hybridized carbons (Fsp3) is 0.429. The lowest BCUT2D eigenvalue weighted by atomic mass is 10.1. The van der Waals surface area contributed by atoms with Crippen molar-refractivity contribution in [3.05, 3.63) is 34.9 Å². The third-order valence-electron chi connectivity index (χ3n) is 2.60. The fourth-order valence-corrected chi connectivity index (χ4v) is 1.56. The fourth-order valence-electron chi connectivity index (χ4n) is 1.43. The summed E-state index contributed by atoms with van der Waals surface area (Å²) in [5.41, 5.74) is 1.11. The molecule has 0 aliphatic heterocycles. The Hall–Kier alpha value is -1.55. The van der Waals surface area contributed by atoms with Gasteiger partial charge >= 0.3 is 0 Å². The standard InChI is InChI=1S/C14H19ClN2O2/c1-10(2)14(19)17-9-13(18)16-8-7-11-3-5-12(15)6-4-11/h3-6,10H,7-9H2,1-2H3,(H,16,18)(H,17,19). The van der Waals surface area contributed by atoms with E-state index in [1.165, 1.54) is 0 Å². The minimum absolute atomic E-state index is 0.0254. The van der Waals surface area contributed by atoms with Crippen LogP contribution in [0.15, 0.2) is 24.3 Å². The van der Waals surface area contributed by atoms with E-state index in [1.807, 2.05) is 24.3 Å². The third kappa shape index (κ3) is 6.25. The van der Waals surface area contributed by atoms with Crippen molar-refractivity contribution in [3.63, 3.8) is 0 Å². The number of amides is 2. The molecular formula is C14H19ClN2O2. The van der Waals surface area contributed by atoms with Crippen molar-refractivity contribution in [1.29, 1.82) is 0 Å². The molecule has 104 valence electrons. The van der Waals surface area contributed by atoms with Crippen LogP contribution in [0.25, 0.3) is 0 Å². The van der Waals surface area contributed by atoms with E-state index in [1.54, 1.807) is 13.8 Å². The van der Waals surface area contributed by atoms with Crippen molar-refractivity contribution in [2.24, 2.45) is 5.92 Å². The molecule has 0 atom stereocenters. The van der Waals surface area contributed by atoms with Gasteiger partial charge in [-0.25, -0.2) is 0 Å². The maximum atomic E-state index is 11.5. The molecule has 4 nitrogen and oxygen atoms in total. The molecule has 0 heterocycles. The van der Waals surface area contributed by atoms with Crippen LogP contribution in [-0.4, -0.2) is 24.9 Å². The Kier molecular flexibility index (Phi) is 6.36. The van der Waals surface area contributed by atoms with E-state index in [4.69, 9.17) is 11.6 Å². The van der Waals surface area contributed by atoms with Crippen LogP contribution in [0.3, 0.4) is 0 Å². The predicted octanol–water partition coefficient (Wildman–Crippen LogP) is 1.77. The number of rotatable bonds is 6. The summed E-state index contributed by atoms with van der Waals surface area (Å²) < 4.78 is 0. The lowest BCUT2D eigenvalue weighted by Gasteiger charge is -2.08. The molecule has 0 saturated heterocycles. The Morgan fingerprint density at radius 2 is 1.79 bits per heavy atom. The highest BCUT2D eigenvalue weighted by molar-refractivity contribution is 6.30. The van der Waals surface area contributed by atoms with Crippen LogP contribution in [0.4, 0.5) is 0 Å². The maximum Gasteiger partial charge on any atom is 0.239 e. The molecule has 0 aromatic heterocycles. The van der Waals surface area contributed by atoms with Gasteiger partial charge in [-0.3, -0.25) is 9.59 Å². The van der Waals surface area contributed by atoms with Crippen molar-refractivity contribution in [1.82, 2.24) is 10.6 Å².